The summed E-state index contributed by atoms with van der Waals surface area (Å²) in [6.07, 6.45) is 7.29. The van der Waals surface area contributed by atoms with Gasteiger partial charge in [-0.2, -0.15) is 0 Å². The number of morpholine rings is 1. The summed E-state index contributed by atoms with van der Waals surface area (Å²) >= 11 is 0. The predicted octanol–water partition coefficient (Wildman–Crippen LogP) is 1.92. The lowest BCUT2D eigenvalue weighted by atomic mass is 9.84. The number of guanidine groups is 1. The van der Waals surface area contributed by atoms with E-state index in [1.165, 1.54) is 32.1 Å². The molecule has 1 heterocycles. The average Bonchev–Trinajstić information content (AvgIpc) is 2.70. The van der Waals surface area contributed by atoms with Gasteiger partial charge in [-0.25, -0.2) is 4.99 Å². The van der Waals surface area contributed by atoms with Gasteiger partial charge < -0.3 is 20.3 Å². The van der Waals surface area contributed by atoms with E-state index in [2.05, 4.69) is 27.4 Å². The summed E-state index contributed by atoms with van der Waals surface area (Å²) in [5.41, 5.74) is 0. The lowest BCUT2D eigenvalue weighted by Crippen LogP contribution is -2.46. The van der Waals surface area contributed by atoms with Crippen molar-refractivity contribution in [2.45, 2.75) is 51.5 Å². The second-order valence-corrected chi connectivity index (χ2v) is 7.96. The molecule has 0 unspecified atom stereocenters. The number of likely N-dealkylation sites (N-methyl/N-ethyl adjacent to an activating group) is 1. The molecular formula is C20H40IN5O2. The molecule has 0 spiro atoms. The Morgan fingerprint density at radius 2 is 1.86 bits per heavy atom. The minimum Gasteiger partial charge on any atom is -0.379 e. The number of nitrogens with zero attached hydrogens (tertiary/aromatic N) is 3. The molecule has 0 bridgehead atoms. The summed E-state index contributed by atoms with van der Waals surface area (Å²) < 4.78 is 5.40. The molecule has 1 amide bonds. The smallest absolute Gasteiger partial charge is 0.243 e. The van der Waals surface area contributed by atoms with Gasteiger partial charge in [0.05, 0.1) is 13.2 Å². The number of nitrogens with one attached hydrogen (secondary N) is 2. The summed E-state index contributed by atoms with van der Waals surface area (Å²) in [6.45, 7) is 8.15. The van der Waals surface area contributed by atoms with Crippen LogP contribution < -0.4 is 10.6 Å². The Morgan fingerprint density at radius 1 is 1.18 bits per heavy atom. The molecule has 1 aliphatic carbocycles. The van der Waals surface area contributed by atoms with Gasteiger partial charge in [0.25, 0.3) is 0 Å². The lowest BCUT2D eigenvalue weighted by Gasteiger charge is -2.30. The minimum absolute atomic E-state index is 0. The Morgan fingerprint density at radius 3 is 2.46 bits per heavy atom. The topological polar surface area (TPSA) is 69.2 Å². The van der Waals surface area contributed by atoms with Crippen LogP contribution in [0.2, 0.25) is 0 Å². The maximum absolute atomic E-state index is 11.9. The number of aliphatic imine (C=N–C) groups is 1. The van der Waals surface area contributed by atoms with Crippen molar-refractivity contribution in [2.24, 2.45) is 10.9 Å². The molecular weight excluding hydrogens is 469 g/mol. The first-order valence-corrected chi connectivity index (χ1v) is 10.6. The Kier molecular flexibility index (Phi) is 13.1. The molecule has 0 radical (unpaired) electrons. The number of amides is 1. The van der Waals surface area contributed by atoms with Crippen LogP contribution in [0.4, 0.5) is 0 Å². The first-order valence-electron chi connectivity index (χ1n) is 10.6. The van der Waals surface area contributed by atoms with Crippen LogP contribution in [0.25, 0.3) is 0 Å². The molecule has 1 saturated carbocycles. The molecule has 164 valence electrons. The van der Waals surface area contributed by atoms with Crippen molar-refractivity contribution in [1.82, 2.24) is 20.4 Å². The van der Waals surface area contributed by atoms with E-state index in [1.807, 2.05) is 0 Å². The van der Waals surface area contributed by atoms with Crippen molar-refractivity contribution in [3.8, 4) is 0 Å². The van der Waals surface area contributed by atoms with E-state index in [4.69, 9.17) is 4.74 Å². The zero-order valence-corrected chi connectivity index (χ0v) is 20.2. The monoisotopic (exact) mass is 509 g/mol. The van der Waals surface area contributed by atoms with Crippen LogP contribution >= 0.6 is 24.0 Å². The fourth-order valence-electron chi connectivity index (χ4n) is 3.68. The van der Waals surface area contributed by atoms with E-state index in [0.29, 0.717) is 6.04 Å². The maximum atomic E-state index is 11.9. The van der Waals surface area contributed by atoms with Crippen LogP contribution in [0.15, 0.2) is 4.99 Å². The first kappa shape index (κ1) is 25.4. The minimum atomic E-state index is 0. The van der Waals surface area contributed by atoms with Gasteiger partial charge in [-0.15, -0.1) is 24.0 Å². The van der Waals surface area contributed by atoms with E-state index in [9.17, 15) is 4.79 Å². The fourth-order valence-corrected chi connectivity index (χ4v) is 3.68. The van der Waals surface area contributed by atoms with E-state index in [-0.39, 0.29) is 36.4 Å². The molecule has 2 rings (SSSR count). The highest BCUT2D eigenvalue weighted by Gasteiger charge is 2.21. The molecule has 2 N–H and O–H groups in total. The summed E-state index contributed by atoms with van der Waals surface area (Å²) in [6, 6.07) is 0.466. The second kappa shape index (κ2) is 14.4. The Hall–Kier alpha value is -0.610. The largest absolute Gasteiger partial charge is 0.379 e. The molecule has 1 aliphatic heterocycles. The third kappa shape index (κ3) is 9.73. The van der Waals surface area contributed by atoms with E-state index in [0.717, 1.165) is 57.7 Å². The number of carbonyl (C=O) groups excluding carboxylic acids is 1. The highest BCUT2D eigenvalue weighted by atomic mass is 127. The van der Waals surface area contributed by atoms with Crippen LogP contribution in [0, 0.1) is 5.92 Å². The normalized spacial score (nSPS) is 23.6. The summed E-state index contributed by atoms with van der Waals surface area (Å²) in [7, 11) is 3.54. The summed E-state index contributed by atoms with van der Waals surface area (Å²) in [5.74, 6) is 1.69. The van der Waals surface area contributed by atoms with Gasteiger partial charge in [0.1, 0.15) is 6.54 Å². The molecule has 28 heavy (non-hydrogen) atoms. The van der Waals surface area contributed by atoms with Crippen molar-refractivity contribution in [3.05, 3.63) is 0 Å². The van der Waals surface area contributed by atoms with Crippen molar-refractivity contribution < 1.29 is 9.53 Å². The summed E-state index contributed by atoms with van der Waals surface area (Å²) in [5, 5.41) is 7.00. The number of carbonyl (C=O) groups is 1. The molecule has 2 aliphatic rings. The number of hydrogen-bond acceptors (Lipinski definition) is 4. The Bertz CT molecular complexity index is 462. The fraction of sp³-hybridized carbons (Fsp3) is 0.900. The molecule has 8 heteroatoms. The maximum Gasteiger partial charge on any atom is 0.243 e. The number of rotatable bonds is 8. The standard InChI is InChI=1S/C20H39N5O2.HI/c1-4-17-6-8-18(9-7-17)23-20(22-16-19(26)24(2)3)21-10-5-11-25-12-14-27-15-13-25;/h17-18H,4-16H2,1-3H3,(H2,21,22,23);1H. The van der Waals surface area contributed by atoms with Crippen LogP contribution in [0.1, 0.15) is 45.4 Å². The van der Waals surface area contributed by atoms with Crippen LogP contribution in [0.3, 0.4) is 0 Å². The zero-order valence-electron chi connectivity index (χ0n) is 17.9. The molecule has 2 fully saturated rings. The molecule has 0 atom stereocenters. The molecule has 0 aromatic rings. The molecule has 0 aromatic heterocycles. The van der Waals surface area contributed by atoms with E-state index >= 15 is 0 Å². The SMILES string of the molecule is CCC1CCC(NC(=NCC(=O)N(C)C)NCCCN2CCOCC2)CC1.I. The molecule has 0 aromatic carbocycles. The van der Waals surface area contributed by atoms with Gasteiger partial charge in [-0.1, -0.05) is 13.3 Å². The van der Waals surface area contributed by atoms with Crippen molar-refractivity contribution >= 4 is 35.8 Å². The van der Waals surface area contributed by atoms with Crippen molar-refractivity contribution in [3.63, 3.8) is 0 Å². The highest BCUT2D eigenvalue weighted by molar-refractivity contribution is 14.0. The quantitative estimate of drug-likeness (QED) is 0.227. The van der Waals surface area contributed by atoms with Crippen LogP contribution in [-0.2, 0) is 9.53 Å². The van der Waals surface area contributed by atoms with Crippen LogP contribution in [-0.4, -0.2) is 87.7 Å². The first-order chi connectivity index (χ1) is 13.1. The molecule has 1 saturated heterocycles. The van der Waals surface area contributed by atoms with Crippen LogP contribution in [0.5, 0.6) is 0 Å². The predicted molar refractivity (Wildman–Crippen MR) is 125 cm³/mol. The Labute approximate surface area is 188 Å². The lowest BCUT2D eigenvalue weighted by molar-refractivity contribution is -0.127. The van der Waals surface area contributed by atoms with Gasteiger partial charge in [0.2, 0.25) is 5.91 Å². The third-order valence-corrected chi connectivity index (χ3v) is 5.68. The third-order valence-electron chi connectivity index (χ3n) is 5.68. The second-order valence-electron chi connectivity index (χ2n) is 7.96. The van der Waals surface area contributed by atoms with Gasteiger partial charge in [-0.05, 0) is 44.6 Å². The van der Waals surface area contributed by atoms with Gasteiger partial charge in [0.15, 0.2) is 5.96 Å². The van der Waals surface area contributed by atoms with E-state index < -0.39 is 0 Å². The van der Waals surface area contributed by atoms with Crippen molar-refractivity contribution in [2.75, 3.05) is 60.0 Å². The van der Waals surface area contributed by atoms with Gasteiger partial charge in [0, 0.05) is 39.8 Å². The Balaban J connectivity index is 0.00000392. The van der Waals surface area contributed by atoms with Crippen molar-refractivity contribution in [1.29, 1.82) is 0 Å². The van der Waals surface area contributed by atoms with Gasteiger partial charge in [-0.3, -0.25) is 9.69 Å². The average molecular weight is 509 g/mol. The zero-order chi connectivity index (χ0) is 19.5. The highest BCUT2D eigenvalue weighted by Crippen LogP contribution is 2.26. The number of hydrogen-bond donors (Lipinski definition) is 2. The van der Waals surface area contributed by atoms with Gasteiger partial charge >= 0.3 is 0 Å². The summed E-state index contributed by atoms with van der Waals surface area (Å²) in [4.78, 5) is 20.5. The number of halogens is 1. The molecule has 7 nitrogen and oxygen atoms in total. The number of ether oxygens (including phenoxy) is 1. The van der Waals surface area contributed by atoms with E-state index in [1.54, 1.807) is 19.0 Å².